The highest BCUT2D eigenvalue weighted by Gasteiger charge is 2.38. The maximum absolute atomic E-state index is 6.60. The number of fused-ring (bicyclic) bond motifs is 6. The zero-order valence-corrected chi connectivity index (χ0v) is 29.7. The minimum Gasteiger partial charge on any atom is -0.455 e. The van der Waals surface area contributed by atoms with Gasteiger partial charge in [0, 0.05) is 38.7 Å². The minimum absolute atomic E-state index is 0.173. The number of para-hydroxylation sites is 2. The summed E-state index contributed by atoms with van der Waals surface area (Å²) in [4.78, 5) is 0. The van der Waals surface area contributed by atoms with Gasteiger partial charge in [0.25, 0.3) is 0 Å². The molecule has 0 fully saturated rings. The molecule has 53 heavy (non-hydrogen) atoms. The molecule has 1 aliphatic rings. The lowest BCUT2D eigenvalue weighted by Gasteiger charge is -2.27. The van der Waals surface area contributed by atoms with Crippen LogP contribution in [-0.2, 0) is 5.41 Å². The molecule has 2 heteroatoms. The Kier molecular flexibility index (Phi) is 7.19. The molecule has 0 unspecified atom stereocenters. The molecule has 1 heterocycles. The van der Waals surface area contributed by atoms with Gasteiger partial charge in [-0.05, 0) is 86.0 Å². The van der Waals surface area contributed by atoms with E-state index in [0.29, 0.717) is 0 Å². The maximum atomic E-state index is 6.60. The average Bonchev–Trinajstić information content (AvgIpc) is 3.70. The number of rotatable bonds is 6. The van der Waals surface area contributed by atoms with E-state index in [1.54, 1.807) is 0 Å². The van der Waals surface area contributed by atoms with Crippen LogP contribution in [0.1, 0.15) is 25.0 Å². The monoisotopic (exact) mass is 679 g/mol. The van der Waals surface area contributed by atoms with E-state index < -0.39 is 0 Å². The fourth-order valence-corrected chi connectivity index (χ4v) is 8.63. The first kappa shape index (κ1) is 31.1. The fraction of sp³-hybridized carbons (Fsp3) is 0.0588. The summed E-state index contributed by atoms with van der Waals surface area (Å²) in [6, 6.07) is 65.4. The van der Waals surface area contributed by atoms with Crippen molar-refractivity contribution in [3.63, 3.8) is 0 Å². The number of hydrogen-bond acceptors (Lipinski definition) is 2. The van der Waals surface area contributed by atoms with Gasteiger partial charge in [0.1, 0.15) is 11.2 Å². The molecule has 0 amide bonds. The van der Waals surface area contributed by atoms with Crippen LogP contribution in [0.5, 0.6) is 0 Å². The zero-order chi connectivity index (χ0) is 35.5. The van der Waals surface area contributed by atoms with Gasteiger partial charge in [-0.1, -0.05) is 166 Å². The van der Waals surface area contributed by atoms with Crippen molar-refractivity contribution in [2.75, 3.05) is 5.32 Å². The summed E-state index contributed by atoms with van der Waals surface area (Å²) in [6.07, 6.45) is 0. The van der Waals surface area contributed by atoms with E-state index in [0.717, 1.165) is 50.0 Å². The van der Waals surface area contributed by atoms with Crippen molar-refractivity contribution in [3.05, 3.63) is 193 Å². The van der Waals surface area contributed by atoms with Gasteiger partial charge in [0.15, 0.2) is 0 Å². The molecular weight excluding hydrogens is 643 g/mol. The van der Waals surface area contributed by atoms with Gasteiger partial charge >= 0.3 is 0 Å². The SMILES string of the molecule is CC1(C)c2ccccc2-c2ccc(Nc3cc(-c4ccccc4-c4ccccc4)cc(-c4cccc5c4oc4ccccc45)c3)c(-c3ccccc3)c21. The number of hydrogen-bond donors (Lipinski definition) is 1. The molecule has 0 atom stereocenters. The summed E-state index contributed by atoms with van der Waals surface area (Å²) in [5.74, 6) is 0. The third-order valence-corrected chi connectivity index (χ3v) is 11.0. The van der Waals surface area contributed by atoms with Crippen LogP contribution in [0, 0.1) is 0 Å². The molecule has 0 bridgehead atoms. The summed E-state index contributed by atoms with van der Waals surface area (Å²) < 4.78 is 6.60. The van der Waals surface area contributed by atoms with Crippen molar-refractivity contribution in [1.82, 2.24) is 0 Å². The molecule has 1 N–H and O–H groups in total. The van der Waals surface area contributed by atoms with E-state index in [1.165, 1.54) is 50.1 Å². The molecule has 2 nitrogen and oxygen atoms in total. The molecule has 0 saturated heterocycles. The van der Waals surface area contributed by atoms with Crippen LogP contribution in [0.25, 0.3) is 77.6 Å². The van der Waals surface area contributed by atoms with Gasteiger partial charge in [-0.3, -0.25) is 0 Å². The smallest absolute Gasteiger partial charge is 0.143 e. The molecule has 1 aliphatic carbocycles. The average molecular weight is 680 g/mol. The quantitative estimate of drug-likeness (QED) is 0.189. The number of anilines is 2. The second kappa shape index (κ2) is 12.3. The highest BCUT2D eigenvalue weighted by molar-refractivity contribution is 6.10. The largest absolute Gasteiger partial charge is 0.455 e. The summed E-state index contributed by atoms with van der Waals surface area (Å²) in [7, 11) is 0. The Bertz CT molecular complexity index is 2830. The van der Waals surface area contributed by atoms with E-state index >= 15 is 0 Å². The third-order valence-electron chi connectivity index (χ3n) is 11.0. The Morgan fingerprint density at radius 3 is 1.79 bits per heavy atom. The number of furan rings is 1. The van der Waals surface area contributed by atoms with Gasteiger partial charge in [-0.2, -0.15) is 0 Å². The topological polar surface area (TPSA) is 25.2 Å². The van der Waals surface area contributed by atoms with E-state index in [-0.39, 0.29) is 5.41 Å². The van der Waals surface area contributed by atoms with Crippen molar-refractivity contribution in [2.45, 2.75) is 19.3 Å². The third kappa shape index (κ3) is 5.10. The molecule has 9 aromatic rings. The molecule has 0 spiro atoms. The molecule has 0 radical (unpaired) electrons. The standard InChI is InChI=1S/C51H37NO/c1-51(2)45-26-13-11-22-41(45)43-28-29-46(48(49(43)51)34-18-7-4-8-19-34)52-37-31-35(39-21-10-9-20-38(39)33-16-5-3-6-17-33)30-36(32-37)40-24-15-25-44-42-23-12-14-27-47(42)53-50(40)44/h3-32,52H,1-2H3. The van der Waals surface area contributed by atoms with Crippen LogP contribution >= 0.6 is 0 Å². The molecule has 10 rings (SSSR count). The summed E-state index contributed by atoms with van der Waals surface area (Å²) >= 11 is 0. The van der Waals surface area contributed by atoms with Crippen molar-refractivity contribution >= 4 is 33.3 Å². The van der Waals surface area contributed by atoms with Crippen LogP contribution < -0.4 is 5.32 Å². The summed E-state index contributed by atoms with van der Waals surface area (Å²) in [5, 5.41) is 6.24. The van der Waals surface area contributed by atoms with Gasteiger partial charge in [0.2, 0.25) is 0 Å². The summed E-state index contributed by atoms with van der Waals surface area (Å²) in [6.45, 7) is 4.72. The lowest BCUT2D eigenvalue weighted by atomic mass is 9.78. The maximum Gasteiger partial charge on any atom is 0.143 e. The Hall–Kier alpha value is -6.64. The van der Waals surface area contributed by atoms with Gasteiger partial charge in [-0.15, -0.1) is 0 Å². The highest BCUT2D eigenvalue weighted by atomic mass is 16.3. The van der Waals surface area contributed by atoms with E-state index in [9.17, 15) is 0 Å². The van der Waals surface area contributed by atoms with Crippen LogP contribution in [0.3, 0.4) is 0 Å². The molecule has 8 aromatic carbocycles. The molecular formula is C51H37NO. The predicted molar refractivity (Wildman–Crippen MR) is 223 cm³/mol. The first-order valence-electron chi connectivity index (χ1n) is 18.3. The first-order valence-corrected chi connectivity index (χ1v) is 18.3. The Labute approximate surface area is 310 Å². The van der Waals surface area contributed by atoms with Crippen LogP contribution in [-0.4, -0.2) is 0 Å². The van der Waals surface area contributed by atoms with Crippen molar-refractivity contribution in [1.29, 1.82) is 0 Å². The molecule has 252 valence electrons. The first-order chi connectivity index (χ1) is 26.0. The fourth-order valence-electron chi connectivity index (χ4n) is 8.63. The number of benzene rings is 8. The molecule has 0 saturated carbocycles. The molecule has 0 aliphatic heterocycles. The molecule has 1 aromatic heterocycles. The van der Waals surface area contributed by atoms with Crippen LogP contribution in [0.2, 0.25) is 0 Å². The summed E-state index contributed by atoms with van der Waals surface area (Å²) in [5.41, 5.74) is 18.3. The lowest BCUT2D eigenvalue weighted by Crippen LogP contribution is -2.17. The minimum atomic E-state index is -0.173. The Balaban J connectivity index is 1.20. The Morgan fingerprint density at radius 1 is 0.434 bits per heavy atom. The van der Waals surface area contributed by atoms with E-state index in [2.05, 4.69) is 195 Å². The highest BCUT2D eigenvalue weighted by Crippen LogP contribution is 2.54. The van der Waals surface area contributed by atoms with Gasteiger partial charge in [-0.25, -0.2) is 0 Å². The zero-order valence-electron chi connectivity index (χ0n) is 29.7. The Morgan fingerprint density at radius 2 is 1.02 bits per heavy atom. The van der Waals surface area contributed by atoms with E-state index in [4.69, 9.17) is 4.42 Å². The van der Waals surface area contributed by atoms with E-state index in [1.807, 2.05) is 6.07 Å². The normalized spacial score (nSPS) is 12.9. The lowest BCUT2D eigenvalue weighted by molar-refractivity contribution is 0.662. The van der Waals surface area contributed by atoms with Crippen molar-refractivity contribution < 1.29 is 4.42 Å². The van der Waals surface area contributed by atoms with Crippen LogP contribution in [0.4, 0.5) is 11.4 Å². The predicted octanol–water partition coefficient (Wildman–Crippen LogP) is 14.3. The second-order valence-corrected chi connectivity index (χ2v) is 14.6. The van der Waals surface area contributed by atoms with Crippen LogP contribution in [0.15, 0.2) is 186 Å². The van der Waals surface area contributed by atoms with Crippen molar-refractivity contribution in [2.24, 2.45) is 0 Å². The number of nitrogens with one attached hydrogen (secondary N) is 1. The van der Waals surface area contributed by atoms with Gasteiger partial charge in [0.05, 0.1) is 0 Å². The second-order valence-electron chi connectivity index (χ2n) is 14.6. The van der Waals surface area contributed by atoms with Crippen molar-refractivity contribution in [3.8, 4) is 55.6 Å². The van der Waals surface area contributed by atoms with Gasteiger partial charge < -0.3 is 9.73 Å².